The van der Waals surface area contributed by atoms with Gasteiger partial charge in [-0.1, -0.05) is 6.07 Å². The smallest absolute Gasteiger partial charge is 0.405 e. The van der Waals surface area contributed by atoms with Gasteiger partial charge in [-0.3, -0.25) is 4.79 Å². The van der Waals surface area contributed by atoms with Gasteiger partial charge >= 0.3 is 6.09 Å². The quantitative estimate of drug-likeness (QED) is 0.746. The second kappa shape index (κ2) is 7.23. The minimum absolute atomic E-state index is 0.00188. The summed E-state index contributed by atoms with van der Waals surface area (Å²) >= 11 is 3.22. The topological polar surface area (TPSA) is 75.6 Å². The van der Waals surface area contributed by atoms with Crippen molar-refractivity contribution >= 4 is 28.3 Å². The summed E-state index contributed by atoms with van der Waals surface area (Å²) in [5.74, 6) is -0.245. The molecule has 1 unspecified atom stereocenters. The number of carboxylic acid groups (broad SMARTS) is 1. The minimum atomic E-state index is -1.18. The summed E-state index contributed by atoms with van der Waals surface area (Å²) in [6.45, 7) is 1.61. The molecule has 5 nitrogen and oxygen atoms in total. The van der Waals surface area contributed by atoms with E-state index in [4.69, 9.17) is 9.84 Å². The summed E-state index contributed by atoms with van der Waals surface area (Å²) in [7, 11) is 0. The molecule has 0 aliphatic heterocycles. The van der Waals surface area contributed by atoms with Gasteiger partial charge in [-0.25, -0.2) is 9.18 Å². The highest BCUT2D eigenvalue weighted by Crippen LogP contribution is 2.29. The van der Waals surface area contributed by atoms with E-state index in [2.05, 4.69) is 21.2 Å². The van der Waals surface area contributed by atoms with Crippen LogP contribution in [0.5, 0.6) is 11.5 Å². The predicted octanol–water partition coefficient (Wildman–Crippen LogP) is 4.52. The average molecular weight is 382 g/mol. The Labute approximate surface area is 140 Å². The maximum atomic E-state index is 14.1. The third kappa shape index (κ3) is 4.29. The van der Waals surface area contributed by atoms with Crippen molar-refractivity contribution in [1.29, 1.82) is 0 Å². The Bertz CT molecular complexity index is 751. The largest absolute Gasteiger partial charge is 0.465 e. The Balaban J connectivity index is 2.19. The second-order valence-corrected chi connectivity index (χ2v) is 5.62. The Kier molecular flexibility index (Phi) is 5.33. The number of amides is 1. The number of hydrogen-bond acceptors (Lipinski definition) is 3. The van der Waals surface area contributed by atoms with Gasteiger partial charge in [0, 0.05) is 10.0 Å². The molecular formula is C16H13BrFNO4. The van der Waals surface area contributed by atoms with Crippen molar-refractivity contribution in [2.45, 2.75) is 13.0 Å². The van der Waals surface area contributed by atoms with Crippen molar-refractivity contribution in [3.8, 4) is 11.5 Å². The van der Waals surface area contributed by atoms with Gasteiger partial charge in [0.05, 0.1) is 6.04 Å². The van der Waals surface area contributed by atoms with Gasteiger partial charge in [0.2, 0.25) is 0 Å². The second-order valence-electron chi connectivity index (χ2n) is 4.76. The summed E-state index contributed by atoms with van der Waals surface area (Å²) in [6, 6.07) is 8.34. The first-order valence-corrected chi connectivity index (χ1v) is 7.41. The molecule has 0 saturated carbocycles. The van der Waals surface area contributed by atoms with E-state index in [1.54, 1.807) is 31.2 Å². The number of carbonyl (C=O) groups excluding carboxylic acids is 1. The standard InChI is InChI=1S/C16H13BrFNO4/c1-9(19-16(21)22)10-3-5-15(14(18)6-10)23-12-4-2-11(8-20)13(17)7-12/h2-9,19H,1H3,(H,21,22). The maximum Gasteiger partial charge on any atom is 0.405 e. The van der Waals surface area contributed by atoms with Gasteiger partial charge in [-0.15, -0.1) is 0 Å². The van der Waals surface area contributed by atoms with Crippen LogP contribution in [-0.2, 0) is 0 Å². The number of carbonyl (C=O) groups is 2. The lowest BCUT2D eigenvalue weighted by molar-refractivity contribution is 0.112. The fourth-order valence-corrected chi connectivity index (χ4v) is 2.38. The van der Waals surface area contributed by atoms with E-state index in [1.807, 2.05) is 0 Å². The molecule has 23 heavy (non-hydrogen) atoms. The third-order valence-corrected chi connectivity index (χ3v) is 3.81. The molecule has 0 fully saturated rings. The summed E-state index contributed by atoms with van der Waals surface area (Å²) < 4.78 is 20.1. The van der Waals surface area contributed by atoms with Crippen LogP contribution in [0.3, 0.4) is 0 Å². The molecule has 0 saturated heterocycles. The molecule has 0 aliphatic rings. The van der Waals surface area contributed by atoms with Crippen molar-refractivity contribution < 1.29 is 23.8 Å². The number of hydrogen-bond donors (Lipinski definition) is 2. The van der Waals surface area contributed by atoms with Crippen LogP contribution in [-0.4, -0.2) is 17.5 Å². The van der Waals surface area contributed by atoms with Gasteiger partial charge < -0.3 is 15.2 Å². The lowest BCUT2D eigenvalue weighted by atomic mass is 10.1. The number of ether oxygens (including phenoxy) is 1. The number of halogens is 2. The molecule has 7 heteroatoms. The van der Waals surface area contributed by atoms with E-state index in [9.17, 15) is 14.0 Å². The lowest BCUT2D eigenvalue weighted by Gasteiger charge is -2.13. The molecule has 2 aromatic rings. The number of aldehydes is 1. The van der Waals surface area contributed by atoms with Crippen LogP contribution in [0.2, 0.25) is 0 Å². The van der Waals surface area contributed by atoms with Crippen molar-refractivity contribution in [1.82, 2.24) is 5.32 Å². The molecule has 0 heterocycles. The fourth-order valence-electron chi connectivity index (χ4n) is 1.93. The van der Waals surface area contributed by atoms with Crippen LogP contribution >= 0.6 is 15.9 Å². The highest BCUT2D eigenvalue weighted by Gasteiger charge is 2.12. The lowest BCUT2D eigenvalue weighted by Crippen LogP contribution is -2.24. The Hall–Kier alpha value is -2.41. The van der Waals surface area contributed by atoms with Gasteiger partial charge in [0.25, 0.3) is 0 Å². The SMILES string of the molecule is CC(NC(=O)O)c1ccc(Oc2ccc(C=O)c(Br)c2)c(F)c1. The van der Waals surface area contributed by atoms with Gasteiger partial charge in [0.15, 0.2) is 17.9 Å². The van der Waals surface area contributed by atoms with E-state index < -0.39 is 18.0 Å². The molecule has 2 rings (SSSR count). The van der Waals surface area contributed by atoms with Crippen molar-refractivity contribution in [2.75, 3.05) is 0 Å². The zero-order valence-corrected chi connectivity index (χ0v) is 13.6. The first-order valence-electron chi connectivity index (χ1n) is 6.62. The molecular weight excluding hydrogens is 369 g/mol. The summed E-state index contributed by atoms with van der Waals surface area (Å²) in [6.07, 6.45) is -0.488. The van der Waals surface area contributed by atoms with Crippen LogP contribution in [0.25, 0.3) is 0 Å². The van der Waals surface area contributed by atoms with E-state index in [-0.39, 0.29) is 5.75 Å². The van der Waals surface area contributed by atoms with Crippen LogP contribution in [0.15, 0.2) is 40.9 Å². The summed E-state index contributed by atoms with van der Waals surface area (Å²) in [4.78, 5) is 21.4. The van der Waals surface area contributed by atoms with E-state index in [0.29, 0.717) is 27.6 Å². The average Bonchev–Trinajstić information content (AvgIpc) is 2.48. The summed E-state index contributed by atoms with van der Waals surface area (Å²) in [5, 5.41) is 10.9. The van der Waals surface area contributed by atoms with Crippen LogP contribution < -0.4 is 10.1 Å². The molecule has 0 bridgehead atoms. The first kappa shape index (κ1) is 17.0. The molecule has 2 aromatic carbocycles. The molecule has 1 atom stereocenters. The normalized spacial score (nSPS) is 11.6. The summed E-state index contributed by atoms with van der Waals surface area (Å²) in [5.41, 5.74) is 0.941. The fraction of sp³-hybridized carbons (Fsp3) is 0.125. The highest BCUT2D eigenvalue weighted by molar-refractivity contribution is 9.10. The first-order chi connectivity index (χ1) is 10.9. The third-order valence-electron chi connectivity index (χ3n) is 3.12. The van der Waals surface area contributed by atoms with Crippen LogP contribution in [0.4, 0.5) is 9.18 Å². The van der Waals surface area contributed by atoms with Crippen molar-refractivity contribution in [3.05, 3.63) is 57.8 Å². The van der Waals surface area contributed by atoms with Crippen molar-refractivity contribution in [3.63, 3.8) is 0 Å². The Morgan fingerprint density at radius 3 is 2.65 bits per heavy atom. The van der Waals surface area contributed by atoms with Gasteiger partial charge in [-0.2, -0.15) is 0 Å². The zero-order valence-electron chi connectivity index (χ0n) is 12.0. The van der Waals surface area contributed by atoms with E-state index >= 15 is 0 Å². The zero-order chi connectivity index (χ0) is 17.0. The molecule has 1 amide bonds. The molecule has 2 N–H and O–H groups in total. The number of nitrogens with one attached hydrogen (secondary N) is 1. The number of rotatable bonds is 5. The highest BCUT2D eigenvalue weighted by atomic mass is 79.9. The molecule has 0 spiro atoms. The van der Waals surface area contributed by atoms with Crippen LogP contribution in [0.1, 0.15) is 28.9 Å². The Morgan fingerprint density at radius 2 is 2.09 bits per heavy atom. The predicted molar refractivity (Wildman–Crippen MR) is 85.6 cm³/mol. The maximum absolute atomic E-state index is 14.1. The van der Waals surface area contributed by atoms with Crippen LogP contribution in [0, 0.1) is 5.82 Å². The monoisotopic (exact) mass is 381 g/mol. The van der Waals surface area contributed by atoms with E-state index in [1.165, 1.54) is 12.1 Å². The van der Waals surface area contributed by atoms with Gasteiger partial charge in [-0.05, 0) is 58.7 Å². The van der Waals surface area contributed by atoms with Crippen molar-refractivity contribution in [2.24, 2.45) is 0 Å². The molecule has 0 aliphatic carbocycles. The molecule has 120 valence electrons. The molecule has 0 radical (unpaired) electrons. The Morgan fingerprint density at radius 1 is 1.35 bits per heavy atom. The molecule has 0 aromatic heterocycles. The van der Waals surface area contributed by atoms with E-state index in [0.717, 1.165) is 0 Å². The minimum Gasteiger partial charge on any atom is -0.465 e. The number of benzene rings is 2. The van der Waals surface area contributed by atoms with Gasteiger partial charge in [0.1, 0.15) is 5.75 Å².